The Balaban J connectivity index is 1.70. The van der Waals surface area contributed by atoms with Crippen LogP contribution >= 0.6 is 23.4 Å². The molecule has 0 saturated carbocycles. The Labute approximate surface area is 158 Å². The van der Waals surface area contributed by atoms with Crippen LogP contribution in [0.1, 0.15) is 22.8 Å². The molecule has 1 heterocycles. The number of hydrogen-bond acceptors (Lipinski definition) is 3. The molecule has 0 bridgehead atoms. The molecule has 3 rings (SSSR count). The second-order valence-electron chi connectivity index (χ2n) is 5.83. The van der Waals surface area contributed by atoms with Crippen molar-refractivity contribution in [1.29, 1.82) is 0 Å². The maximum absolute atomic E-state index is 12.6. The number of benzene rings is 2. The second-order valence-corrected chi connectivity index (χ2v) is 9.36. The van der Waals surface area contributed by atoms with E-state index in [1.54, 1.807) is 22.1 Å². The first kappa shape index (κ1) is 18.5. The molecule has 0 amide bonds. The van der Waals surface area contributed by atoms with Crippen LogP contribution < -0.4 is 0 Å². The first-order valence-corrected chi connectivity index (χ1v) is 11.1. The van der Waals surface area contributed by atoms with Crippen LogP contribution in [-0.2, 0) is 10.0 Å². The fourth-order valence-electron chi connectivity index (χ4n) is 2.80. The van der Waals surface area contributed by atoms with Gasteiger partial charge >= 0.3 is 0 Å². The fourth-order valence-corrected chi connectivity index (χ4v) is 5.73. The highest BCUT2D eigenvalue weighted by molar-refractivity contribution is 7.99. The first-order chi connectivity index (χ1) is 12.1. The predicted octanol–water partition coefficient (Wildman–Crippen LogP) is 4.82. The Morgan fingerprint density at radius 2 is 1.76 bits per heavy atom. The molecule has 3 nitrogen and oxygen atoms in total. The van der Waals surface area contributed by atoms with Gasteiger partial charge in [0.2, 0.25) is 10.0 Å². The van der Waals surface area contributed by atoms with Crippen molar-refractivity contribution in [2.75, 3.05) is 18.8 Å². The minimum absolute atomic E-state index is 0.229. The third kappa shape index (κ3) is 4.88. The van der Waals surface area contributed by atoms with Gasteiger partial charge in [-0.25, -0.2) is 8.42 Å². The fraction of sp³-hybridized carbons (Fsp3) is 0.263. The molecule has 0 N–H and O–H groups in total. The Morgan fingerprint density at radius 3 is 2.52 bits per heavy atom. The summed E-state index contributed by atoms with van der Waals surface area (Å²) < 4.78 is 26.8. The van der Waals surface area contributed by atoms with Crippen LogP contribution in [0.4, 0.5) is 0 Å². The Morgan fingerprint density at radius 1 is 1.04 bits per heavy atom. The van der Waals surface area contributed by atoms with Crippen molar-refractivity contribution in [2.24, 2.45) is 0 Å². The molecule has 0 radical (unpaired) electrons. The molecule has 25 heavy (non-hydrogen) atoms. The number of thioether (sulfide) groups is 1. The van der Waals surface area contributed by atoms with Crippen molar-refractivity contribution < 1.29 is 8.42 Å². The lowest BCUT2D eigenvalue weighted by molar-refractivity contribution is 0.435. The molecule has 1 unspecified atom stereocenters. The van der Waals surface area contributed by atoms with E-state index in [9.17, 15) is 8.42 Å². The van der Waals surface area contributed by atoms with Gasteiger partial charge in [-0.3, -0.25) is 0 Å². The third-order valence-electron chi connectivity index (χ3n) is 4.14. The second kappa shape index (κ2) is 8.41. The maximum atomic E-state index is 12.6. The number of hydrogen-bond donors (Lipinski definition) is 0. The molecule has 1 atom stereocenters. The van der Waals surface area contributed by atoms with Gasteiger partial charge in [-0.15, -0.1) is 0 Å². The van der Waals surface area contributed by atoms with Crippen LogP contribution in [0.3, 0.4) is 0 Å². The monoisotopic (exact) mass is 393 g/mol. The van der Waals surface area contributed by atoms with Crippen molar-refractivity contribution in [3.8, 4) is 0 Å². The standard InChI is InChI=1S/C19H20ClNO2S2/c20-18-9-5-4-8-17(18)19-10-12-21(13-14-24-19)25(22,23)15-11-16-6-2-1-3-7-16/h1-9,11,15,19H,10,12-14H2/b15-11+. The van der Waals surface area contributed by atoms with E-state index in [0.717, 1.165) is 28.3 Å². The van der Waals surface area contributed by atoms with Gasteiger partial charge in [0.25, 0.3) is 0 Å². The number of halogens is 1. The minimum Gasteiger partial charge on any atom is -0.208 e. The van der Waals surface area contributed by atoms with Crippen LogP contribution in [0.15, 0.2) is 60.0 Å². The molecular formula is C19H20ClNO2S2. The Bertz CT molecular complexity index is 838. The van der Waals surface area contributed by atoms with E-state index in [0.29, 0.717) is 13.1 Å². The van der Waals surface area contributed by atoms with E-state index in [2.05, 4.69) is 0 Å². The molecule has 132 valence electrons. The van der Waals surface area contributed by atoms with Gasteiger partial charge in [-0.05, 0) is 29.7 Å². The highest BCUT2D eigenvalue weighted by Crippen LogP contribution is 2.38. The van der Waals surface area contributed by atoms with Crippen LogP contribution in [0.2, 0.25) is 5.02 Å². The Hall–Kier alpha value is -1.27. The normalized spacial score (nSPS) is 19.8. The van der Waals surface area contributed by atoms with E-state index in [1.165, 1.54) is 5.41 Å². The zero-order valence-electron chi connectivity index (χ0n) is 13.7. The van der Waals surface area contributed by atoms with Gasteiger partial charge in [0.15, 0.2) is 0 Å². The lowest BCUT2D eigenvalue weighted by Crippen LogP contribution is -2.31. The summed E-state index contributed by atoms with van der Waals surface area (Å²) in [4.78, 5) is 0. The van der Waals surface area contributed by atoms with Gasteiger partial charge in [-0.2, -0.15) is 16.1 Å². The van der Waals surface area contributed by atoms with E-state index in [-0.39, 0.29) is 5.25 Å². The lowest BCUT2D eigenvalue weighted by Gasteiger charge is -2.18. The minimum atomic E-state index is -3.41. The van der Waals surface area contributed by atoms with Crippen molar-refractivity contribution >= 4 is 39.5 Å². The van der Waals surface area contributed by atoms with Gasteiger partial charge in [-0.1, -0.05) is 60.1 Å². The van der Waals surface area contributed by atoms with Crippen molar-refractivity contribution in [2.45, 2.75) is 11.7 Å². The number of nitrogens with zero attached hydrogens (tertiary/aromatic N) is 1. The topological polar surface area (TPSA) is 37.4 Å². The molecule has 0 aliphatic carbocycles. The first-order valence-electron chi connectivity index (χ1n) is 8.15. The number of rotatable bonds is 4. The highest BCUT2D eigenvalue weighted by atomic mass is 35.5. The Kier molecular flexibility index (Phi) is 6.23. The summed E-state index contributed by atoms with van der Waals surface area (Å²) in [5.74, 6) is 0.758. The zero-order chi connectivity index (χ0) is 17.7. The van der Waals surface area contributed by atoms with E-state index in [4.69, 9.17) is 11.6 Å². The number of sulfonamides is 1. The largest absolute Gasteiger partial charge is 0.236 e. The molecule has 1 aliphatic heterocycles. The van der Waals surface area contributed by atoms with E-state index in [1.807, 2.05) is 54.6 Å². The molecule has 1 saturated heterocycles. The van der Waals surface area contributed by atoms with Gasteiger partial charge in [0.1, 0.15) is 0 Å². The average molecular weight is 394 g/mol. The molecular weight excluding hydrogens is 374 g/mol. The van der Waals surface area contributed by atoms with Crippen LogP contribution in [-0.4, -0.2) is 31.6 Å². The summed E-state index contributed by atoms with van der Waals surface area (Å²) in [7, 11) is -3.41. The quantitative estimate of drug-likeness (QED) is 0.747. The molecule has 1 fully saturated rings. The summed E-state index contributed by atoms with van der Waals surface area (Å²) in [5.41, 5.74) is 1.97. The smallest absolute Gasteiger partial charge is 0.208 e. The van der Waals surface area contributed by atoms with E-state index < -0.39 is 10.0 Å². The van der Waals surface area contributed by atoms with Gasteiger partial charge < -0.3 is 0 Å². The molecule has 2 aromatic rings. The highest BCUT2D eigenvalue weighted by Gasteiger charge is 2.26. The summed E-state index contributed by atoms with van der Waals surface area (Å²) >= 11 is 8.07. The predicted molar refractivity (Wildman–Crippen MR) is 107 cm³/mol. The molecule has 2 aromatic carbocycles. The maximum Gasteiger partial charge on any atom is 0.236 e. The summed E-state index contributed by atoms with van der Waals surface area (Å²) in [6.45, 7) is 1.03. The molecule has 1 aliphatic rings. The van der Waals surface area contributed by atoms with Crippen molar-refractivity contribution in [3.05, 3.63) is 76.2 Å². The van der Waals surface area contributed by atoms with Crippen LogP contribution in [0.25, 0.3) is 6.08 Å². The van der Waals surface area contributed by atoms with Crippen LogP contribution in [0.5, 0.6) is 0 Å². The third-order valence-corrected chi connectivity index (χ3v) is 7.36. The summed E-state index contributed by atoms with van der Waals surface area (Å²) in [5, 5.41) is 2.29. The van der Waals surface area contributed by atoms with Crippen molar-refractivity contribution in [1.82, 2.24) is 4.31 Å². The average Bonchev–Trinajstić information content (AvgIpc) is 2.88. The molecule has 0 spiro atoms. The van der Waals surface area contributed by atoms with Crippen molar-refractivity contribution in [3.63, 3.8) is 0 Å². The van der Waals surface area contributed by atoms with Crippen LogP contribution in [0, 0.1) is 0 Å². The molecule has 6 heteroatoms. The SMILES string of the molecule is O=S(=O)(/C=C/c1ccccc1)N1CCSC(c2ccccc2Cl)CC1. The summed E-state index contributed by atoms with van der Waals surface area (Å²) in [6, 6.07) is 17.3. The zero-order valence-corrected chi connectivity index (χ0v) is 16.1. The molecule has 0 aromatic heterocycles. The lowest BCUT2D eigenvalue weighted by atomic mass is 10.1. The van der Waals surface area contributed by atoms with Gasteiger partial charge in [0.05, 0.1) is 0 Å². The summed E-state index contributed by atoms with van der Waals surface area (Å²) in [6.07, 6.45) is 2.41. The van der Waals surface area contributed by atoms with Gasteiger partial charge in [0, 0.05) is 34.5 Å². The van der Waals surface area contributed by atoms with E-state index >= 15 is 0 Å².